The predicted octanol–water partition coefficient (Wildman–Crippen LogP) is 4.87. The number of aromatic nitrogens is 2. The van der Waals surface area contributed by atoms with Gasteiger partial charge in [-0.3, -0.25) is 0 Å². The number of halogens is 5. The van der Waals surface area contributed by atoms with Crippen LogP contribution in [0, 0.1) is 0 Å². The zero-order valence-corrected chi connectivity index (χ0v) is 11.7. The summed E-state index contributed by atoms with van der Waals surface area (Å²) in [6.45, 7) is 3.80. The maximum Gasteiger partial charge on any atom is 0.417 e. The molecule has 0 radical (unpaired) electrons. The third-order valence-electron chi connectivity index (χ3n) is 2.81. The lowest BCUT2D eigenvalue weighted by molar-refractivity contribution is -0.137. The van der Waals surface area contributed by atoms with Crippen LogP contribution in [0.5, 0.6) is 0 Å². The number of alkyl halides is 4. The van der Waals surface area contributed by atoms with E-state index in [1.165, 1.54) is 4.40 Å². The molecular formula is C12H11Cl2F3N2. The fourth-order valence-electron chi connectivity index (χ4n) is 1.92. The van der Waals surface area contributed by atoms with Crippen LogP contribution in [-0.2, 0) is 12.1 Å². The average molecular weight is 311 g/mol. The molecule has 0 aliphatic heterocycles. The van der Waals surface area contributed by atoms with E-state index in [-0.39, 0.29) is 16.8 Å². The van der Waals surface area contributed by atoms with Gasteiger partial charge in [0.1, 0.15) is 0 Å². The summed E-state index contributed by atoms with van der Waals surface area (Å²) in [6.07, 6.45) is -3.47. The summed E-state index contributed by atoms with van der Waals surface area (Å²) >= 11 is 11.7. The Morgan fingerprint density at radius 1 is 1.37 bits per heavy atom. The van der Waals surface area contributed by atoms with Gasteiger partial charge in [-0.15, -0.1) is 11.6 Å². The molecule has 0 N–H and O–H groups in total. The van der Waals surface area contributed by atoms with Gasteiger partial charge in [-0.2, -0.15) is 13.2 Å². The van der Waals surface area contributed by atoms with Gasteiger partial charge >= 0.3 is 6.18 Å². The molecule has 0 atom stereocenters. The van der Waals surface area contributed by atoms with Crippen LogP contribution in [-0.4, -0.2) is 9.38 Å². The van der Waals surface area contributed by atoms with E-state index in [0.29, 0.717) is 17.0 Å². The molecular weight excluding hydrogens is 300 g/mol. The maximum absolute atomic E-state index is 12.8. The van der Waals surface area contributed by atoms with Crippen LogP contribution in [0.15, 0.2) is 12.3 Å². The van der Waals surface area contributed by atoms with Crippen molar-refractivity contribution < 1.29 is 13.2 Å². The molecule has 0 saturated heterocycles. The summed E-state index contributed by atoms with van der Waals surface area (Å²) in [5, 5.41) is -0.0342. The Morgan fingerprint density at radius 3 is 2.47 bits per heavy atom. The first kappa shape index (κ1) is 14.5. The molecule has 7 heteroatoms. The van der Waals surface area contributed by atoms with Crippen molar-refractivity contribution in [1.29, 1.82) is 0 Å². The van der Waals surface area contributed by atoms with Crippen molar-refractivity contribution in [1.82, 2.24) is 9.38 Å². The van der Waals surface area contributed by atoms with E-state index in [0.717, 1.165) is 12.3 Å². The molecule has 0 saturated carbocycles. The molecule has 104 valence electrons. The normalized spacial score (nSPS) is 12.6. The molecule has 2 heterocycles. The van der Waals surface area contributed by atoms with Crippen molar-refractivity contribution in [2.75, 3.05) is 0 Å². The van der Waals surface area contributed by atoms with E-state index >= 15 is 0 Å². The zero-order valence-electron chi connectivity index (χ0n) is 10.2. The van der Waals surface area contributed by atoms with Gasteiger partial charge in [-0.1, -0.05) is 25.4 Å². The Labute approximate surface area is 118 Å². The van der Waals surface area contributed by atoms with Crippen molar-refractivity contribution in [2.24, 2.45) is 0 Å². The minimum absolute atomic E-state index is 0.0342. The highest BCUT2D eigenvalue weighted by Gasteiger charge is 2.32. The Hall–Kier alpha value is -0.940. The van der Waals surface area contributed by atoms with Crippen LogP contribution in [0.25, 0.3) is 5.65 Å². The lowest BCUT2D eigenvalue weighted by atomic mass is 10.1. The fourth-order valence-corrected chi connectivity index (χ4v) is 2.44. The molecule has 0 aliphatic carbocycles. The van der Waals surface area contributed by atoms with Gasteiger partial charge in [-0.25, -0.2) is 4.98 Å². The second-order valence-electron chi connectivity index (χ2n) is 4.50. The summed E-state index contributed by atoms with van der Waals surface area (Å²) in [5.41, 5.74) is 0.689. The van der Waals surface area contributed by atoms with Crippen molar-refractivity contribution in [3.05, 3.63) is 34.2 Å². The lowest BCUT2D eigenvalue weighted by Gasteiger charge is -2.09. The van der Waals surface area contributed by atoms with Crippen molar-refractivity contribution in [3.63, 3.8) is 0 Å². The molecule has 2 aromatic rings. The quantitative estimate of drug-likeness (QED) is 0.723. The molecule has 2 aromatic heterocycles. The number of pyridine rings is 1. The average Bonchev–Trinajstić information content (AvgIpc) is 2.66. The largest absolute Gasteiger partial charge is 0.417 e. The highest BCUT2D eigenvalue weighted by molar-refractivity contribution is 6.33. The highest BCUT2D eigenvalue weighted by atomic mass is 35.5. The van der Waals surface area contributed by atoms with Crippen LogP contribution in [0.2, 0.25) is 5.02 Å². The van der Waals surface area contributed by atoms with E-state index in [9.17, 15) is 13.2 Å². The summed E-state index contributed by atoms with van der Waals surface area (Å²) in [4.78, 5) is 4.28. The molecule has 2 nitrogen and oxygen atoms in total. The molecule has 0 aromatic carbocycles. The molecule has 2 rings (SSSR count). The Bertz CT molecular complexity index is 617. The molecule has 0 bridgehead atoms. The first-order chi connectivity index (χ1) is 8.75. The zero-order chi connectivity index (χ0) is 14.4. The molecule has 0 spiro atoms. The number of nitrogens with zero attached hydrogens (tertiary/aromatic N) is 2. The van der Waals surface area contributed by atoms with E-state index in [1.54, 1.807) is 0 Å². The molecule has 0 unspecified atom stereocenters. The third kappa shape index (κ3) is 2.54. The minimum Gasteiger partial charge on any atom is -0.301 e. The minimum atomic E-state index is -4.45. The highest BCUT2D eigenvalue weighted by Crippen LogP contribution is 2.34. The second-order valence-corrected chi connectivity index (χ2v) is 5.17. The Kier molecular flexibility index (Phi) is 3.71. The van der Waals surface area contributed by atoms with Crippen LogP contribution in [0.4, 0.5) is 13.2 Å². The smallest absolute Gasteiger partial charge is 0.301 e. The van der Waals surface area contributed by atoms with Crippen molar-refractivity contribution in [3.8, 4) is 0 Å². The number of hydrogen-bond acceptors (Lipinski definition) is 1. The lowest BCUT2D eigenvalue weighted by Crippen LogP contribution is -2.07. The van der Waals surface area contributed by atoms with Gasteiger partial charge in [0.2, 0.25) is 0 Å². The van der Waals surface area contributed by atoms with Gasteiger partial charge in [0, 0.05) is 6.20 Å². The maximum atomic E-state index is 12.8. The van der Waals surface area contributed by atoms with Gasteiger partial charge in [0.05, 0.1) is 27.9 Å². The summed E-state index contributed by atoms with van der Waals surface area (Å²) in [6, 6.07) is 0.881. The van der Waals surface area contributed by atoms with Crippen LogP contribution >= 0.6 is 23.2 Å². The van der Waals surface area contributed by atoms with E-state index in [4.69, 9.17) is 23.2 Å². The van der Waals surface area contributed by atoms with Crippen molar-refractivity contribution in [2.45, 2.75) is 31.8 Å². The molecule has 0 fully saturated rings. The van der Waals surface area contributed by atoms with Crippen LogP contribution in [0.1, 0.15) is 36.7 Å². The number of rotatable bonds is 2. The van der Waals surface area contributed by atoms with Crippen LogP contribution < -0.4 is 0 Å². The topological polar surface area (TPSA) is 17.3 Å². The molecule has 0 amide bonds. The third-order valence-corrected chi connectivity index (χ3v) is 3.34. The van der Waals surface area contributed by atoms with Gasteiger partial charge in [0.15, 0.2) is 5.65 Å². The SMILES string of the molecule is CC(C)c1nc2c(Cl)cc(C(F)(F)F)cn2c1CCl. The first-order valence-electron chi connectivity index (χ1n) is 5.59. The number of fused-ring (bicyclic) bond motifs is 1. The van der Waals surface area contributed by atoms with Crippen LogP contribution in [0.3, 0.4) is 0 Å². The number of hydrogen-bond donors (Lipinski definition) is 0. The predicted molar refractivity (Wildman–Crippen MR) is 68.9 cm³/mol. The van der Waals surface area contributed by atoms with Gasteiger partial charge in [-0.05, 0) is 12.0 Å². The monoisotopic (exact) mass is 310 g/mol. The summed E-state index contributed by atoms with van der Waals surface area (Å²) < 4.78 is 39.6. The Balaban J connectivity index is 2.79. The molecule has 19 heavy (non-hydrogen) atoms. The van der Waals surface area contributed by atoms with Crippen molar-refractivity contribution >= 4 is 28.8 Å². The van der Waals surface area contributed by atoms with Gasteiger partial charge < -0.3 is 4.40 Å². The summed E-state index contributed by atoms with van der Waals surface area (Å²) in [7, 11) is 0. The Morgan fingerprint density at radius 2 is 2.00 bits per heavy atom. The van der Waals surface area contributed by atoms with E-state index < -0.39 is 11.7 Å². The summed E-state index contributed by atoms with van der Waals surface area (Å²) in [5.74, 6) is 0.130. The molecule has 0 aliphatic rings. The standard InChI is InChI=1S/C12H11Cl2F3N2/c1-6(2)10-9(4-13)19-5-7(12(15,16)17)3-8(14)11(19)18-10/h3,5-6H,4H2,1-2H3. The van der Waals surface area contributed by atoms with E-state index in [1.807, 2.05) is 13.8 Å². The first-order valence-corrected chi connectivity index (χ1v) is 6.50. The van der Waals surface area contributed by atoms with E-state index in [2.05, 4.69) is 4.98 Å². The fraction of sp³-hybridized carbons (Fsp3) is 0.417. The van der Waals surface area contributed by atoms with Gasteiger partial charge in [0.25, 0.3) is 0 Å². The second kappa shape index (κ2) is 4.87. The number of imidazole rings is 1.